The average molecular weight is 298 g/mol. The highest BCUT2D eigenvalue weighted by molar-refractivity contribution is 8.00. The number of piperidine rings is 1. The standard InChI is InChI=1S/C12H14F3NS.ClH/c13-12(14,15)17-10-6-4-9(5-7-10)11-3-1-2-8-16-11;/h4-7,11,16H,1-3,8H2;1H. The van der Waals surface area contributed by atoms with Gasteiger partial charge in [-0.1, -0.05) is 18.6 Å². The molecule has 1 aliphatic rings. The Morgan fingerprint density at radius 2 is 1.78 bits per heavy atom. The van der Waals surface area contributed by atoms with E-state index in [2.05, 4.69) is 5.32 Å². The highest BCUT2D eigenvalue weighted by Crippen LogP contribution is 2.37. The molecule has 1 unspecified atom stereocenters. The lowest BCUT2D eigenvalue weighted by atomic mass is 9.98. The van der Waals surface area contributed by atoms with Crippen LogP contribution in [0.15, 0.2) is 29.2 Å². The van der Waals surface area contributed by atoms with Gasteiger partial charge in [0, 0.05) is 10.9 Å². The van der Waals surface area contributed by atoms with Gasteiger partial charge in [0.1, 0.15) is 0 Å². The average Bonchev–Trinajstić information content (AvgIpc) is 2.29. The van der Waals surface area contributed by atoms with Crippen molar-refractivity contribution in [1.82, 2.24) is 5.32 Å². The van der Waals surface area contributed by atoms with Crippen LogP contribution in [0.4, 0.5) is 13.2 Å². The smallest absolute Gasteiger partial charge is 0.310 e. The lowest BCUT2D eigenvalue weighted by Crippen LogP contribution is -2.26. The van der Waals surface area contributed by atoms with Crippen molar-refractivity contribution in [2.75, 3.05) is 6.54 Å². The first-order valence-electron chi connectivity index (χ1n) is 5.64. The highest BCUT2D eigenvalue weighted by atomic mass is 35.5. The van der Waals surface area contributed by atoms with Crippen LogP contribution in [0.3, 0.4) is 0 Å². The predicted molar refractivity (Wildman–Crippen MR) is 70.2 cm³/mol. The Balaban J connectivity index is 0.00000162. The Labute approximate surface area is 115 Å². The van der Waals surface area contributed by atoms with Crippen LogP contribution >= 0.6 is 24.2 Å². The Kier molecular flexibility index (Phi) is 5.82. The first-order chi connectivity index (χ1) is 8.04. The summed E-state index contributed by atoms with van der Waals surface area (Å²) in [5.74, 6) is 0. The molecule has 1 fully saturated rings. The van der Waals surface area contributed by atoms with Crippen molar-refractivity contribution in [3.05, 3.63) is 29.8 Å². The molecule has 18 heavy (non-hydrogen) atoms. The molecule has 6 heteroatoms. The largest absolute Gasteiger partial charge is 0.446 e. The van der Waals surface area contributed by atoms with Gasteiger partial charge in [-0.3, -0.25) is 0 Å². The molecule has 1 aromatic carbocycles. The van der Waals surface area contributed by atoms with Crippen LogP contribution in [0.1, 0.15) is 30.9 Å². The van der Waals surface area contributed by atoms with Gasteiger partial charge in [-0.15, -0.1) is 12.4 Å². The minimum absolute atomic E-state index is 0. The van der Waals surface area contributed by atoms with Gasteiger partial charge >= 0.3 is 5.51 Å². The van der Waals surface area contributed by atoms with Crippen molar-refractivity contribution in [3.8, 4) is 0 Å². The van der Waals surface area contributed by atoms with E-state index in [0.717, 1.165) is 18.5 Å². The minimum atomic E-state index is -4.20. The lowest BCUT2D eigenvalue weighted by Gasteiger charge is -2.23. The van der Waals surface area contributed by atoms with Crippen molar-refractivity contribution in [1.29, 1.82) is 0 Å². The van der Waals surface area contributed by atoms with Crippen LogP contribution in [-0.2, 0) is 0 Å². The number of hydrogen-bond acceptors (Lipinski definition) is 2. The quantitative estimate of drug-likeness (QED) is 0.805. The first-order valence-corrected chi connectivity index (χ1v) is 6.45. The zero-order valence-electron chi connectivity index (χ0n) is 9.67. The molecule has 0 aromatic heterocycles. The molecule has 1 N–H and O–H groups in total. The monoisotopic (exact) mass is 297 g/mol. The molecule has 1 saturated heterocycles. The summed E-state index contributed by atoms with van der Waals surface area (Å²) in [6.07, 6.45) is 3.42. The van der Waals surface area contributed by atoms with Crippen LogP contribution in [0.5, 0.6) is 0 Å². The number of benzene rings is 1. The third-order valence-corrected chi connectivity index (χ3v) is 3.57. The summed E-state index contributed by atoms with van der Waals surface area (Å²) in [5.41, 5.74) is -3.12. The molecule has 0 radical (unpaired) electrons. The summed E-state index contributed by atoms with van der Waals surface area (Å²) in [7, 11) is 0. The maximum Gasteiger partial charge on any atom is 0.446 e. The molecule has 1 atom stereocenters. The molecule has 0 amide bonds. The molecular formula is C12H15ClF3NS. The number of nitrogens with one attached hydrogen (secondary N) is 1. The van der Waals surface area contributed by atoms with E-state index < -0.39 is 5.51 Å². The lowest BCUT2D eigenvalue weighted by molar-refractivity contribution is -0.0328. The molecule has 2 rings (SSSR count). The van der Waals surface area contributed by atoms with Gasteiger partial charge in [0.05, 0.1) is 0 Å². The number of alkyl halides is 3. The molecule has 102 valence electrons. The molecule has 0 saturated carbocycles. The second kappa shape index (κ2) is 6.68. The zero-order chi connectivity index (χ0) is 12.3. The van der Waals surface area contributed by atoms with Crippen LogP contribution in [0.2, 0.25) is 0 Å². The SMILES string of the molecule is Cl.FC(F)(F)Sc1ccc(C2CCCCN2)cc1. The second-order valence-electron chi connectivity index (χ2n) is 4.12. The van der Waals surface area contributed by atoms with E-state index in [9.17, 15) is 13.2 Å². The summed E-state index contributed by atoms with van der Waals surface area (Å²) in [6.45, 7) is 0.990. The number of rotatable bonds is 2. The number of halogens is 4. The maximum atomic E-state index is 12.1. The summed E-state index contributed by atoms with van der Waals surface area (Å²) in [4.78, 5) is 0.247. The fourth-order valence-corrected chi connectivity index (χ4v) is 2.58. The first kappa shape index (κ1) is 15.7. The van der Waals surface area contributed by atoms with Crippen molar-refractivity contribution in [3.63, 3.8) is 0 Å². The topological polar surface area (TPSA) is 12.0 Å². The van der Waals surface area contributed by atoms with Gasteiger partial charge in [-0.2, -0.15) is 13.2 Å². The molecule has 0 aliphatic carbocycles. The highest BCUT2D eigenvalue weighted by Gasteiger charge is 2.29. The number of hydrogen-bond donors (Lipinski definition) is 1. The summed E-state index contributed by atoms with van der Waals surface area (Å²) >= 11 is -0.0643. The second-order valence-corrected chi connectivity index (χ2v) is 5.26. The summed E-state index contributed by atoms with van der Waals surface area (Å²) in [5, 5.41) is 3.37. The molecule has 1 aliphatic heterocycles. The van der Waals surface area contributed by atoms with E-state index in [4.69, 9.17) is 0 Å². The third kappa shape index (κ3) is 4.71. The van der Waals surface area contributed by atoms with Gasteiger partial charge in [-0.25, -0.2) is 0 Å². The van der Waals surface area contributed by atoms with Gasteiger partial charge < -0.3 is 5.32 Å². The van der Waals surface area contributed by atoms with E-state index in [-0.39, 0.29) is 29.1 Å². The fraction of sp³-hybridized carbons (Fsp3) is 0.500. The normalized spacial score (nSPS) is 20.3. The van der Waals surface area contributed by atoms with E-state index >= 15 is 0 Å². The Bertz CT molecular complexity index is 361. The Morgan fingerprint density at radius 3 is 2.28 bits per heavy atom. The fourth-order valence-electron chi connectivity index (χ4n) is 2.04. The zero-order valence-corrected chi connectivity index (χ0v) is 11.3. The molecule has 0 spiro atoms. The minimum Gasteiger partial charge on any atom is -0.310 e. The van der Waals surface area contributed by atoms with Gasteiger partial charge in [0.2, 0.25) is 0 Å². The molecule has 1 aromatic rings. The molecular weight excluding hydrogens is 283 g/mol. The van der Waals surface area contributed by atoms with E-state index in [1.807, 2.05) is 0 Å². The van der Waals surface area contributed by atoms with Crippen molar-refractivity contribution < 1.29 is 13.2 Å². The van der Waals surface area contributed by atoms with Crippen molar-refractivity contribution in [2.24, 2.45) is 0 Å². The van der Waals surface area contributed by atoms with Gasteiger partial charge in [0.15, 0.2) is 0 Å². The van der Waals surface area contributed by atoms with E-state index in [1.165, 1.54) is 12.8 Å². The molecule has 1 heterocycles. The molecule has 0 bridgehead atoms. The Hall–Kier alpha value is -0.390. The predicted octanol–water partition coefficient (Wildman–Crippen LogP) is 4.53. The number of thioether (sulfide) groups is 1. The van der Waals surface area contributed by atoms with E-state index in [1.54, 1.807) is 24.3 Å². The maximum absolute atomic E-state index is 12.1. The van der Waals surface area contributed by atoms with Crippen molar-refractivity contribution >= 4 is 24.2 Å². The summed E-state index contributed by atoms with van der Waals surface area (Å²) in [6, 6.07) is 6.97. The van der Waals surface area contributed by atoms with Crippen LogP contribution in [0.25, 0.3) is 0 Å². The van der Waals surface area contributed by atoms with Crippen LogP contribution in [-0.4, -0.2) is 12.1 Å². The Morgan fingerprint density at radius 1 is 1.11 bits per heavy atom. The third-order valence-electron chi connectivity index (χ3n) is 2.83. The van der Waals surface area contributed by atoms with E-state index in [0.29, 0.717) is 6.04 Å². The van der Waals surface area contributed by atoms with Crippen molar-refractivity contribution in [2.45, 2.75) is 35.7 Å². The van der Waals surface area contributed by atoms with Crippen LogP contribution < -0.4 is 5.32 Å². The molecule has 1 nitrogen and oxygen atoms in total. The van der Waals surface area contributed by atoms with Crippen LogP contribution in [0, 0.1) is 0 Å². The summed E-state index contributed by atoms with van der Waals surface area (Å²) < 4.78 is 36.4. The van der Waals surface area contributed by atoms with Gasteiger partial charge in [0.25, 0.3) is 0 Å². The van der Waals surface area contributed by atoms with Gasteiger partial charge in [-0.05, 0) is 48.8 Å².